The molecular weight excluding hydrogens is 442 g/mol. The minimum atomic E-state index is -0.241. The number of hydrogen-bond acceptors (Lipinski definition) is 4. The van der Waals surface area contributed by atoms with Gasteiger partial charge in [0.15, 0.2) is 11.5 Å². The van der Waals surface area contributed by atoms with E-state index in [1.807, 2.05) is 35.2 Å². The summed E-state index contributed by atoms with van der Waals surface area (Å²) in [5, 5.41) is 4.22. The monoisotopic (exact) mass is 469 g/mol. The van der Waals surface area contributed by atoms with Crippen LogP contribution >= 0.6 is 0 Å². The quantitative estimate of drug-likeness (QED) is 0.419. The van der Waals surface area contributed by atoms with E-state index in [1.165, 1.54) is 11.1 Å². The van der Waals surface area contributed by atoms with Gasteiger partial charge in [0, 0.05) is 34.9 Å². The number of nitrogens with one attached hydrogen (secondary N) is 2. The Bertz CT molecular complexity index is 1410. The third-order valence-corrected chi connectivity index (χ3v) is 6.78. The number of aryl methyl sites for hydroxylation is 1. The molecule has 3 heterocycles. The number of hydrogen-bond donors (Lipinski definition) is 2. The van der Waals surface area contributed by atoms with E-state index in [1.54, 1.807) is 7.11 Å². The number of aromatic nitrogens is 1. The zero-order valence-corrected chi connectivity index (χ0v) is 19.8. The first-order valence-corrected chi connectivity index (χ1v) is 11.8. The van der Waals surface area contributed by atoms with Crippen molar-refractivity contribution in [3.8, 4) is 17.2 Å². The maximum Gasteiger partial charge on any atom is 0.322 e. The number of amides is 2. The topological polar surface area (TPSA) is 75.8 Å². The van der Waals surface area contributed by atoms with Crippen molar-refractivity contribution in [3.63, 3.8) is 0 Å². The van der Waals surface area contributed by atoms with E-state index in [9.17, 15) is 4.79 Å². The number of fused-ring (bicyclic) bond motifs is 4. The van der Waals surface area contributed by atoms with Crippen LogP contribution < -0.4 is 19.5 Å². The predicted molar refractivity (Wildman–Crippen MR) is 135 cm³/mol. The molecule has 178 valence electrons. The molecule has 7 nitrogen and oxygen atoms in total. The second-order valence-electron chi connectivity index (χ2n) is 8.97. The van der Waals surface area contributed by atoms with Crippen LogP contribution in [0, 0.1) is 6.92 Å². The van der Waals surface area contributed by atoms with Crippen molar-refractivity contribution >= 4 is 22.6 Å². The van der Waals surface area contributed by atoms with E-state index in [2.05, 4.69) is 47.6 Å². The van der Waals surface area contributed by atoms with Gasteiger partial charge in [-0.3, -0.25) is 0 Å². The molecule has 3 aromatic carbocycles. The molecule has 0 spiro atoms. The molecule has 1 atom stereocenters. The van der Waals surface area contributed by atoms with Crippen molar-refractivity contribution in [2.24, 2.45) is 0 Å². The first-order valence-electron chi connectivity index (χ1n) is 11.8. The molecule has 1 aromatic heterocycles. The molecule has 2 aliphatic heterocycles. The molecular formula is C28H27N3O4. The van der Waals surface area contributed by atoms with Crippen molar-refractivity contribution in [1.82, 2.24) is 9.88 Å². The summed E-state index contributed by atoms with van der Waals surface area (Å²) >= 11 is 0. The maximum atomic E-state index is 13.6. The Balaban J connectivity index is 1.38. The lowest BCUT2D eigenvalue weighted by Gasteiger charge is -2.36. The lowest BCUT2D eigenvalue weighted by molar-refractivity contribution is 0.171. The van der Waals surface area contributed by atoms with E-state index >= 15 is 0 Å². The summed E-state index contributed by atoms with van der Waals surface area (Å²) < 4.78 is 16.8. The third kappa shape index (κ3) is 3.83. The number of nitrogens with zero attached hydrogens (tertiary/aromatic N) is 1. The lowest BCUT2D eigenvalue weighted by atomic mass is 9.92. The van der Waals surface area contributed by atoms with Gasteiger partial charge in [0.2, 0.25) is 0 Å². The Labute approximate surface area is 203 Å². The summed E-state index contributed by atoms with van der Waals surface area (Å²) in [6, 6.07) is 19.5. The molecule has 2 amide bonds. The van der Waals surface area contributed by atoms with Gasteiger partial charge in [-0.15, -0.1) is 0 Å². The molecule has 7 heteroatoms. The molecule has 0 saturated heterocycles. The smallest absolute Gasteiger partial charge is 0.322 e. The van der Waals surface area contributed by atoms with Crippen LogP contribution in [0.4, 0.5) is 10.5 Å². The molecule has 0 fully saturated rings. The first-order chi connectivity index (χ1) is 17.1. The lowest BCUT2D eigenvalue weighted by Crippen LogP contribution is -2.43. The largest absolute Gasteiger partial charge is 0.497 e. The van der Waals surface area contributed by atoms with Gasteiger partial charge in [0.05, 0.1) is 13.2 Å². The summed E-state index contributed by atoms with van der Waals surface area (Å²) in [6.07, 6.45) is 0.749. The SMILES string of the molecule is COc1ccc2[nH]c3c(c2c1)CCN(C(=O)Nc1ccc2c(c1)OCCO2)[C@H]3c1ccc(C)cc1. The first kappa shape index (κ1) is 21.4. The summed E-state index contributed by atoms with van der Waals surface area (Å²) in [5.74, 6) is 2.17. The van der Waals surface area contributed by atoms with Gasteiger partial charge in [-0.05, 0) is 54.8 Å². The minimum Gasteiger partial charge on any atom is -0.497 e. The summed E-state index contributed by atoms with van der Waals surface area (Å²) in [7, 11) is 1.68. The van der Waals surface area contributed by atoms with Gasteiger partial charge in [-0.2, -0.15) is 0 Å². The van der Waals surface area contributed by atoms with Crippen LogP contribution in [-0.2, 0) is 6.42 Å². The molecule has 0 bridgehead atoms. The van der Waals surface area contributed by atoms with E-state index in [0.717, 1.165) is 34.3 Å². The molecule has 2 aliphatic rings. The zero-order chi connectivity index (χ0) is 23.9. The second-order valence-corrected chi connectivity index (χ2v) is 8.97. The van der Waals surface area contributed by atoms with Crippen molar-refractivity contribution < 1.29 is 19.0 Å². The van der Waals surface area contributed by atoms with Gasteiger partial charge in [0.25, 0.3) is 0 Å². The van der Waals surface area contributed by atoms with Gasteiger partial charge in [0.1, 0.15) is 19.0 Å². The number of methoxy groups -OCH3 is 1. The average Bonchev–Trinajstić information content (AvgIpc) is 3.26. The van der Waals surface area contributed by atoms with Crippen LogP contribution in [0.25, 0.3) is 10.9 Å². The van der Waals surface area contributed by atoms with Crippen molar-refractivity contribution in [2.75, 3.05) is 32.2 Å². The molecule has 6 rings (SSSR count). The Morgan fingerprint density at radius 3 is 2.63 bits per heavy atom. The third-order valence-electron chi connectivity index (χ3n) is 6.78. The van der Waals surface area contributed by atoms with Crippen LogP contribution in [0.2, 0.25) is 0 Å². The average molecular weight is 470 g/mol. The summed E-state index contributed by atoms with van der Waals surface area (Å²) in [4.78, 5) is 19.1. The van der Waals surface area contributed by atoms with E-state index in [0.29, 0.717) is 36.9 Å². The molecule has 4 aromatic rings. The number of aromatic amines is 1. The predicted octanol–water partition coefficient (Wildman–Crippen LogP) is 5.44. The molecule has 0 radical (unpaired) electrons. The van der Waals surface area contributed by atoms with E-state index < -0.39 is 0 Å². The number of anilines is 1. The maximum absolute atomic E-state index is 13.6. The highest BCUT2D eigenvalue weighted by Gasteiger charge is 2.35. The van der Waals surface area contributed by atoms with Crippen LogP contribution in [-0.4, -0.2) is 42.8 Å². The van der Waals surface area contributed by atoms with Gasteiger partial charge in [-0.25, -0.2) is 4.79 Å². The Morgan fingerprint density at radius 2 is 1.83 bits per heavy atom. The van der Waals surface area contributed by atoms with Gasteiger partial charge in [-0.1, -0.05) is 29.8 Å². The Hall–Kier alpha value is -4.13. The van der Waals surface area contributed by atoms with Gasteiger partial charge >= 0.3 is 6.03 Å². The number of carbonyl (C=O) groups excluding carboxylic acids is 1. The van der Waals surface area contributed by atoms with Crippen LogP contribution in [0.1, 0.15) is 28.4 Å². The van der Waals surface area contributed by atoms with Crippen LogP contribution in [0.15, 0.2) is 60.7 Å². The highest BCUT2D eigenvalue weighted by atomic mass is 16.6. The highest BCUT2D eigenvalue weighted by molar-refractivity contribution is 5.92. The Morgan fingerprint density at radius 1 is 1.03 bits per heavy atom. The summed E-state index contributed by atoms with van der Waals surface area (Å²) in [5.41, 5.74) is 6.23. The molecule has 2 N–H and O–H groups in total. The molecule has 0 unspecified atom stereocenters. The fourth-order valence-electron chi connectivity index (χ4n) is 5.03. The number of ether oxygens (including phenoxy) is 3. The number of H-pyrrole nitrogens is 1. The van der Waals surface area contributed by atoms with Crippen LogP contribution in [0.3, 0.4) is 0 Å². The van der Waals surface area contributed by atoms with Crippen molar-refractivity contribution in [1.29, 1.82) is 0 Å². The number of carbonyl (C=O) groups is 1. The van der Waals surface area contributed by atoms with E-state index in [-0.39, 0.29) is 12.1 Å². The zero-order valence-electron chi connectivity index (χ0n) is 19.8. The molecule has 35 heavy (non-hydrogen) atoms. The normalized spacial score (nSPS) is 16.6. The molecule has 0 saturated carbocycles. The van der Waals surface area contributed by atoms with Gasteiger partial charge < -0.3 is 29.4 Å². The number of urea groups is 1. The fourth-order valence-corrected chi connectivity index (χ4v) is 5.03. The molecule has 0 aliphatic carbocycles. The summed E-state index contributed by atoms with van der Waals surface area (Å²) in [6.45, 7) is 3.69. The van der Waals surface area contributed by atoms with E-state index in [4.69, 9.17) is 14.2 Å². The minimum absolute atomic E-state index is 0.158. The van der Waals surface area contributed by atoms with Crippen LogP contribution in [0.5, 0.6) is 17.2 Å². The highest BCUT2D eigenvalue weighted by Crippen LogP contribution is 2.40. The number of benzene rings is 3. The van der Waals surface area contributed by atoms with Crippen molar-refractivity contribution in [3.05, 3.63) is 83.0 Å². The fraction of sp³-hybridized carbons (Fsp3) is 0.250. The second kappa shape index (κ2) is 8.58. The Kier molecular flexibility index (Phi) is 5.25. The van der Waals surface area contributed by atoms with Crippen molar-refractivity contribution in [2.45, 2.75) is 19.4 Å². The number of rotatable bonds is 3. The standard InChI is InChI=1S/C28H27N3O4/c1-17-3-5-18(6-4-17)27-26-21(22-16-20(33-2)8-9-23(22)30-26)11-12-31(27)28(32)29-19-7-10-24-25(15-19)35-14-13-34-24/h3-10,15-16,27,30H,11-14H2,1-2H3,(H,29,32)/t27-/m0/s1.